The number of hydrogen-bond acceptors (Lipinski definition) is 3. The van der Waals surface area contributed by atoms with Crippen molar-refractivity contribution in [1.29, 1.82) is 5.26 Å². The van der Waals surface area contributed by atoms with Gasteiger partial charge in [0.25, 0.3) is 0 Å². The Morgan fingerprint density at radius 2 is 2.07 bits per heavy atom. The maximum Gasteiger partial charge on any atom is 0.122 e. The third-order valence-corrected chi connectivity index (χ3v) is 2.59. The maximum atomic E-state index is 8.42. The highest BCUT2D eigenvalue weighted by Gasteiger charge is 2.05. The zero-order chi connectivity index (χ0) is 11.3. The van der Waals surface area contributed by atoms with Crippen LogP contribution in [-0.2, 0) is 6.54 Å². The normalized spacial score (nSPS) is 9.73. The van der Waals surface area contributed by atoms with Gasteiger partial charge in [0.2, 0.25) is 0 Å². The molecule has 0 spiro atoms. The maximum absolute atomic E-state index is 8.42. The Labute approximate surface area is 90.7 Å². The molecule has 0 heterocycles. The summed E-state index contributed by atoms with van der Waals surface area (Å²) >= 11 is 0. The fourth-order valence-electron chi connectivity index (χ4n) is 1.52. The molecule has 0 atom stereocenters. The third-order valence-electron chi connectivity index (χ3n) is 2.59. The van der Waals surface area contributed by atoms with Crippen molar-refractivity contribution in [2.75, 3.05) is 13.7 Å². The number of nitriles is 1. The van der Waals surface area contributed by atoms with Crippen molar-refractivity contribution in [3.63, 3.8) is 0 Å². The van der Waals surface area contributed by atoms with Crippen molar-refractivity contribution < 1.29 is 4.74 Å². The number of ether oxygens (including phenoxy) is 1. The van der Waals surface area contributed by atoms with E-state index in [-0.39, 0.29) is 0 Å². The summed E-state index contributed by atoms with van der Waals surface area (Å²) in [5.74, 6) is 0.913. The van der Waals surface area contributed by atoms with Crippen LogP contribution < -0.4 is 10.1 Å². The number of nitrogens with zero attached hydrogens (tertiary/aromatic N) is 1. The third kappa shape index (κ3) is 2.71. The van der Waals surface area contributed by atoms with E-state index in [1.807, 2.05) is 19.1 Å². The van der Waals surface area contributed by atoms with E-state index in [0.29, 0.717) is 6.54 Å². The first-order valence-electron chi connectivity index (χ1n) is 4.91. The first kappa shape index (κ1) is 11.5. The van der Waals surface area contributed by atoms with Gasteiger partial charge in [-0.05, 0) is 36.6 Å². The lowest BCUT2D eigenvalue weighted by Gasteiger charge is -2.12. The number of hydrogen-bond donors (Lipinski definition) is 1. The summed E-state index contributed by atoms with van der Waals surface area (Å²) in [6.07, 6.45) is 0. The van der Waals surface area contributed by atoms with Crippen LogP contribution >= 0.6 is 0 Å². The molecule has 0 bridgehead atoms. The quantitative estimate of drug-likeness (QED) is 0.602. The van der Waals surface area contributed by atoms with E-state index in [1.54, 1.807) is 7.11 Å². The molecule has 1 rings (SSSR count). The summed E-state index contributed by atoms with van der Waals surface area (Å²) in [6, 6.07) is 6.06. The second-order valence-electron chi connectivity index (χ2n) is 3.44. The molecule has 1 aromatic rings. The molecule has 0 radical (unpaired) electrons. The average Bonchev–Trinajstić information content (AvgIpc) is 2.25. The van der Waals surface area contributed by atoms with Gasteiger partial charge in [-0.3, -0.25) is 0 Å². The molecule has 1 aromatic carbocycles. The van der Waals surface area contributed by atoms with Crippen LogP contribution in [0.4, 0.5) is 0 Å². The van der Waals surface area contributed by atoms with Crippen LogP contribution in [0.1, 0.15) is 16.7 Å². The molecule has 0 aliphatic carbocycles. The van der Waals surface area contributed by atoms with Gasteiger partial charge in [-0.1, -0.05) is 6.07 Å². The van der Waals surface area contributed by atoms with Crippen LogP contribution in [0.5, 0.6) is 5.75 Å². The molecule has 1 N–H and O–H groups in total. The summed E-state index contributed by atoms with van der Waals surface area (Å²) in [7, 11) is 1.68. The van der Waals surface area contributed by atoms with Crippen molar-refractivity contribution in [2.45, 2.75) is 20.4 Å². The van der Waals surface area contributed by atoms with Crippen LogP contribution in [0.25, 0.3) is 0 Å². The van der Waals surface area contributed by atoms with Crippen molar-refractivity contribution in [3.05, 3.63) is 28.8 Å². The van der Waals surface area contributed by atoms with Crippen LogP contribution in [0, 0.1) is 25.2 Å². The van der Waals surface area contributed by atoms with E-state index in [4.69, 9.17) is 10.00 Å². The Morgan fingerprint density at radius 3 is 2.67 bits per heavy atom. The van der Waals surface area contributed by atoms with Crippen molar-refractivity contribution in [1.82, 2.24) is 5.32 Å². The van der Waals surface area contributed by atoms with Crippen LogP contribution in [0.15, 0.2) is 12.1 Å². The van der Waals surface area contributed by atoms with Gasteiger partial charge >= 0.3 is 0 Å². The van der Waals surface area contributed by atoms with Gasteiger partial charge in [0, 0.05) is 6.54 Å². The molecule has 0 saturated carbocycles. The van der Waals surface area contributed by atoms with E-state index in [0.717, 1.165) is 17.9 Å². The predicted octanol–water partition coefficient (Wildman–Crippen LogP) is 1.93. The standard InChI is InChI=1S/C12H16N2O/c1-9-10(2)12(15-3)5-4-11(9)8-14-7-6-13/h4-5,14H,7-8H2,1-3H3. The molecule has 0 aliphatic rings. The Hall–Kier alpha value is -1.53. The molecule has 0 saturated heterocycles. The minimum Gasteiger partial charge on any atom is -0.496 e. The van der Waals surface area contributed by atoms with Crippen molar-refractivity contribution in [2.24, 2.45) is 0 Å². The number of nitrogens with one attached hydrogen (secondary N) is 1. The van der Waals surface area contributed by atoms with Gasteiger partial charge < -0.3 is 10.1 Å². The molecule has 0 amide bonds. The highest BCUT2D eigenvalue weighted by atomic mass is 16.5. The molecule has 3 heteroatoms. The van der Waals surface area contributed by atoms with E-state index in [9.17, 15) is 0 Å². The van der Waals surface area contributed by atoms with Crippen LogP contribution in [0.3, 0.4) is 0 Å². The smallest absolute Gasteiger partial charge is 0.122 e. The van der Waals surface area contributed by atoms with Crippen LogP contribution in [-0.4, -0.2) is 13.7 Å². The largest absolute Gasteiger partial charge is 0.496 e. The van der Waals surface area contributed by atoms with Gasteiger partial charge in [-0.2, -0.15) is 5.26 Å². The minimum absolute atomic E-state index is 0.379. The van der Waals surface area contributed by atoms with Crippen LogP contribution in [0.2, 0.25) is 0 Å². The summed E-state index contributed by atoms with van der Waals surface area (Å²) in [5, 5.41) is 11.5. The zero-order valence-corrected chi connectivity index (χ0v) is 9.42. The lowest BCUT2D eigenvalue weighted by Crippen LogP contribution is -2.14. The molecule has 80 valence electrons. The molecule has 0 aromatic heterocycles. The Kier molecular flexibility index (Phi) is 4.14. The molecule has 0 unspecified atom stereocenters. The highest BCUT2D eigenvalue weighted by molar-refractivity contribution is 5.43. The first-order valence-corrected chi connectivity index (χ1v) is 4.91. The van der Waals surface area contributed by atoms with E-state index in [2.05, 4.69) is 18.3 Å². The van der Waals surface area contributed by atoms with Gasteiger partial charge in [0.15, 0.2) is 0 Å². The average molecular weight is 204 g/mol. The molecule has 15 heavy (non-hydrogen) atoms. The number of benzene rings is 1. The van der Waals surface area contributed by atoms with Gasteiger partial charge in [0.05, 0.1) is 19.7 Å². The first-order chi connectivity index (χ1) is 7.20. The Bertz CT molecular complexity index is 380. The number of methoxy groups -OCH3 is 1. The lowest BCUT2D eigenvalue weighted by atomic mass is 10.0. The number of rotatable bonds is 4. The van der Waals surface area contributed by atoms with E-state index in [1.165, 1.54) is 11.1 Å². The molecule has 0 fully saturated rings. The van der Waals surface area contributed by atoms with Gasteiger partial charge in [0.1, 0.15) is 5.75 Å². The molecule has 3 nitrogen and oxygen atoms in total. The predicted molar refractivity (Wildman–Crippen MR) is 59.8 cm³/mol. The monoisotopic (exact) mass is 204 g/mol. The van der Waals surface area contributed by atoms with Crippen molar-refractivity contribution >= 4 is 0 Å². The summed E-state index contributed by atoms with van der Waals surface area (Å²) < 4.78 is 5.23. The van der Waals surface area contributed by atoms with E-state index >= 15 is 0 Å². The lowest BCUT2D eigenvalue weighted by molar-refractivity contribution is 0.411. The van der Waals surface area contributed by atoms with Gasteiger partial charge in [-0.25, -0.2) is 0 Å². The Morgan fingerprint density at radius 1 is 1.33 bits per heavy atom. The fraction of sp³-hybridized carbons (Fsp3) is 0.417. The van der Waals surface area contributed by atoms with Crippen molar-refractivity contribution in [3.8, 4) is 11.8 Å². The molecular formula is C12H16N2O. The van der Waals surface area contributed by atoms with Gasteiger partial charge in [-0.15, -0.1) is 0 Å². The fourth-order valence-corrected chi connectivity index (χ4v) is 1.52. The zero-order valence-electron chi connectivity index (χ0n) is 9.42. The molecular weight excluding hydrogens is 188 g/mol. The minimum atomic E-state index is 0.379. The SMILES string of the molecule is COc1ccc(CNCC#N)c(C)c1C. The second kappa shape index (κ2) is 5.38. The topological polar surface area (TPSA) is 45.0 Å². The summed E-state index contributed by atoms with van der Waals surface area (Å²) in [4.78, 5) is 0. The van der Waals surface area contributed by atoms with E-state index < -0.39 is 0 Å². The Balaban J connectivity index is 2.83. The summed E-state index contributed by atoms with van der Waals surface area (Å²) in [5.41, 5.74) is 3.59. The highest BCUT2D eigenvalue weighted by Crippen LogP contribution is 2.23. The molecule has 0 aliphatic heterocycles. The summed E-state index contributed by atoms with van der Waals surface area (Å²) in [6.45, 7) is 5.22. The second-order valence-corrected chi connectivity index (χ2v) is 3.44.